The first kappa shape index (κ1) is 12.4. The number of hydrogen-bond acceptors (Lipinski definition) is 3. The van der Waals surface area contributed by atoms with E-state index in [4.69, 9.17) is 4.42 Å². The molecular formula is C15H16N2OS. The molecule has 2 heterocycles. The van der Waals surface area contributed by atoms with Gasteiger partial charge in [0.1, 0.15) is 5.76 Å². The smallest absolute Gasteiger partial charge is 0.117 e. The zero-order valence-electron chi connectivity index (χ0n) is 10.6. The Labute approximate surface area is 116 Å². The summed E-state index contributed by atoms with van der Waals surface area (Å²) in [4.78, 5) is 3.42. The Kier molecular flexibility index (Phi) is 3.91. The number of rotatable bonds is 6. The molecule has 0 spiro atoms. The fraction of sp³-hybridized carbons (Fsp3) is 0.200. The van der Waals surface area contributed by atoms with Crippen molar-refractivity contribution in [3.8, 4) is 0 Å². The molecule has 2 aromatic heterocycles. The first-order chi connectivity index (χ1) is 9.42. The Morgan fingerprint density at radius 3 is 2.95 bits per heavy atom. The van der Waals surface area contributed by atoms with Crippen LogP contribution in [0.25, 0.3) is 10.9 Å². The van der Waals surface area contributed by atoms with Crippen molar-refractivity contribution >= 4 is 22.7 Å². The van der Waals surface area contributed by atoms with Gasteiger partial charge in [-0.3, -0.25) is 0 Å². The molecule has 1 aromatic carbocycles. The van der Waals surface area contributed by atoms with E-state index in [0.717, 1.165) is 24.6 Å². The highest BCUT2D eigenvalue weighted by atomic mass is 32.2. The molecule has 3 rings (SSSR count). The van der Waals surface area contributed by atoms with Crippen LogP contribution in [-0.2, 0) is 6.54 Å². The summed E-state index contributed by atoms with van der Waals surface area (Å²) >= 11 is 1.83. The summed E-state index contributed by atoms with van der Waals surface area (Å²) in [6, 6.07) is 14.5. The fourth-order valence-corrected chi connectivity index (χ4v) is 2.84. The summed E-state index contributed by atoms with van der Waals surface area (Å²) in [5, 5.41) is 5.86. The predicted octanol–water partition coefficient (Wildman–Crippen LogP) is 3.64. The summed E-state index contributed by atoms with van der Waals surface area (Å²) in [6.45, 7) is 1.75. The molecule has 0 aliphatic rings. The lowest BCUT2D eigenvalue weighted by atomic mass is 10.3. The van der Waals surface area contributed by atoms with E-state index >= 15 is 0 Å². The van der Waals surface area contributed by atoms with E-state index in [1.807, 2.05) is 23.9 Å². The number of fused-ring (bicyclic) bond motifs is 1. The number of thioether (sulfide) groups is 1. The number of benzene rings is 1. The van der Waals surface area contributed by atoms with E-state index in [0.29, 0.717) is 0 Å². The highest BCUT2D eigenvalue weighted by Crippen LogP contribution is 2.22. The van der Waals surface area contributed by atoms with Crippen LogP contribution < -0.4 is 5.32 Å². The Bertz CT molecular complexity index is 597. The van der Waals surface area contributed by atoms with Gasteiger partial charge in [0.15, 0.2) is 0 Å². The van der Waals surface area contributed by atoms with Gasteiger partial charge in [0.05, 0.1) is 17.8 Å². The Balaban J connectivity index is 1.44. The van der Waals surface area contributed by atoms with Crippen molar-refractivity contribution in [2.24, 2.45) is 0 Å². The average molecular weight is 272 g/mol. The predicted molar refractivity (Wildman–Crippen MR) is 79.4 cm³/mol. The van der Waals surface area contributed by atoms with Crippen LogP contribution >= 0.6 is 11.8 Å². The van der Waals surface area contributed by atoms with E-state index < -0.39 is 0 Å². The highest BCUT2D eigenvalue weighted by molar-refractivity contribution is 7.99. The molecule has 0 aliphatic heterocycles. The van der Waals surface area contributed by atoms with Gasteiger partial charge in [0.25, 0.3) is 0 Å². The molecule has 0 saturated carbocycles. The number of aromatic nitrogens is 1. The van der Waals surface area contributed by atoms with Crippen LogP contribution in [-0.4, -0.2) is 17.3 Å². The van der Waals surface area contributed by atoms with E-state index in [2.05, 4.69) is 40.6 Å². The molecule has 3 aromatic rings. The molecule has 0 atom stereocenters. The Morgan fingerprint density at radius 2 is 2.11 bits per heavy atom. The van der Waals surface area contributed by atoms with Crippen molar-refractivity contribution < 1.29 is 4.42 Å². The maximum absolute atomic E-state index is 5.26. The van der Waals surface area contributed by atoms with Crippen molar-refractivity contribution in [1.29, 1.82) is 0 Å². The number of furan rings is 1. The number of nitrogens with one attached hydrogen (secondary N) is 2. The maximum atomic E-state index is 5.26. The number of para-hydroxylation sites is 1. The lowest BCUT2D eigenvalue weighted by Crippen LogP contribution is -2.15. The van der Waals surface area contributed by atoms with Gasteiger partial charge in [-0.05, 0) is 24.3 Å². The molecule has 3 nitrogen and oxygen atoms in total. The van der Waals surface area contributed by atoms with Gasteiger partial charge in [-0.1, -0.05) is 18.2 Å². The molecule has 0 unspecified atom stereocenters. The number of H-pyrrole nitrogens is 1. The lowest BCUT2D eigenvalue weighted by molar-refractivity contribution is 0.488. The van der Waals surface area contributed by atoms with Crippen LogP contribution in [0.1, 0.15) is 5.76 Å². The summed E-state index contributed by atoms with van der Waals surface area (Å²) in [5.74, 6) is 2.02. The monoisotopic (exact) mass is 272 g/mol. The molecule has 0 radical (unpaired) electrons. The summed E-state index contributed by atoms with van der Waals surface area (Å²) in [6.07, 6.45) is 1.70. The van der Waals surface area contributed by atoms with E-state index in [9.17, 15) is 0 Å². The number of aromatic amines is 1. The van der Waals surface area contributed by atoms with Gasteiger partial charge >= 0.3 is 0 Å². The third-order valence-corrected chi connectivity index (χ3v) is 3.86. The molecule has 2 N–H and O–H groups in total. The molecule has 0 aliphatic carbocycles. The fourth-order valence-electron chi connectivity index (χ4n) is 1.98. The van der Waals surface area contributed by atoms with Crippen LogP contribution in [0.2, 0.25) is 0 Å². The molecular weight excluding hydrogens is 256 g/mol. The maximum Gasteiger partial charge on any atom is 0.117 e. The molecule has 0 amide bonds. The summed E-state index contributed by atoms with van der Waals surface area (Å²) < 4.78 is 5.26. The van der Waals surface area contributed by atoms with Gasteiger partial charge in [-0.25, -0.2) is 0 Å². The third-order valence-electron chi connectivity index (χ3n) is 2.92. The van der Waals surface area contributed by atoms with Crippen LogP contribution in [0.4, 0.5) is 0 Å². The van der Waals surface area contributed by atoms with Gasteiger partial charge in [0, 0.05) is 23.2 Å². The van der Waals surface area contributed by atoms with Crippen molar-refractivity contribution in [2.75, 3.05) is 12.3 Å². The molecule has 0 bridgehead atoms. The van der Waals surface area contributed by atoms with E-state index in [-0.39, 0.29) is 0 Å². The Hall–Kier alpha value is -1.65. The zero-order valence-corrected chi connectivity index (χ0v) is 11.4. The van der Waals surface area contributed by atoms with Crippen molar-refractivity contribution in [3.05, 3.63) is 54.5 Å². The minimum absolute atomic E-state index is 0.792. The molecule has 0 fully saturated rings. The normalized spacial score (nSPS) is 11.2. The van der Waals surface area contributed by atoms with Crippen LogP contribution in [0, 0.1) is 0 Å². The minimum Gasteiger partial charge on any atom is -0.468 e. The summed E-state index contributed by atoms with van der Waals surface area (Å²) in [7, 11) is 0. The van der Waals surface area contributed by atoms with Crippen molar-refractivity contribution in [1.82, 2.24) is 10.3 Å². The van der Waals surface area contributed by atoms with Crippen LogP contribution in [0.5, 0.6) is 0 Å². The second kappa shape index (κ2) is 5.99. The topological polar surface area (TPSA) is 41.0 Å². The first-order valence-electron chi connectivity index (χ1n) is 6.35. The average Bonchev–Trinajstić information content (AvgIpc) is 3.06. The largest absolute Gasteiger partial charge is 0.468 e. The zero-order chi connectivity index (χ0) is 12.9. The molecule has 0 saturated heterocycles. The highest BCUT2D eigenvalue weighted by Gasteiger charge is 2.00. The van der Waals surface area contributed by atoms with Gasteiger partial charge in [-0.2, -0.15) is 0 Å². The quantitative estimate of drug-likeness (QED) is 0.531. The first-order valence-corrected chi connectivity index (χ1v) is 7.34. The summed E-state index contributed by atoms with van der Waals surface area (Å²) in [5.41, 5.74) is 1.20. The minimum atomic E-state index is 0.792. The third kappa shape index (κ3) is 3.22. The van der Waals surface area contributed by atoms with Crippen LogP contribution in [0.3, 0.4) is 0 Å². The second-order valence-electron chi connectivity index (χ2n) is 4.33. The molecule has 4 heteroatoms. The lowest BCUT2D eigenvalue weighted by Gasteiger charge is -2.01. The SMILES string of the molecule is c1coc(CNCCSc2cc3ccccc3[nH]2)c1. The van der Waals surface area contributed by atoms with Gasteiger partial charge in [0.2, 0.25) is 0 Å². The van der Waals surface area contributed by atoms with Crippen LogP contribution in [0.15, 0.2) is 58.2 Å². The molecule has 19 heavy (non-hydrogen) atoms. The van der Waals surface area contributed by atoms with E-state index in [1.54, 1.807) is 6.26 Å². The van der Waals surface area contributed by atoms with Gasteiger partial charge < -0.3 is 14.7 Å². The molecule has 98 valence electrons. The van der Waals surface area contributed by atoms with Crippen molar-refractivity contribution in [2.45, 2.75) is 11.6 Å². The van der Waals surface area contributed by atoms with Crippen molar-refractivity contribution in [3.63, 3.8) is 0 Å². The standard InChI is InChI=1S/C15H16N2OS/c1-2-6-14-12(4-1)10-15(17-14)19-9-7-16-11-13-5-3-8-18-13/h1-6,8,10,16-17H,7,9,11H2. The van der Waals surface area contributed by atoms with E-state index in [1.165, 1.54) is 15.9 Å². The number of hydrogen-bond donors (Lipinski definition) is 2. The second-order valence-corrected chi connectivity index (χ2v) is 5.46. The van der Waals surface area contributed by atoms with Gasteiger partial charge in [-0.15, -0.1) is 11.8 Å². The Morgan fingerprint density at radius 1 is 1.16 bits per heavy atom.